The average molecular weight is 229 g/mol. The van der Waals surface area contributed by atoms with Crippen LogP contribution in [0.1, 0.15) is 18.5 Å². The van der Waals surface area contributed by atoms with Gasteiger partial charge in [0.1, 0.15) is 5.82 Å². The smallest absolute Gasteiger partial charge is 0.124 e. The van der Waals surface area contributed by atoms with Crippen LogP contribution >= 0.6 is 11.6 Å². The van der Waals surface area contributed by atoms with Crippen molar-refractivity contribution in [1.29, 1.82) is 0 Å². The van der Waals surface area contributed by atoms with Crippen LogP contribution in [0.5, 0.6) is 0 Å². The number of halogens is 2. The zero-order valence-electron chi connectivity index (χ0n) is 8.56. The zero-order chi connectivity index (χ0) is 10.8. The minimum absolute atomic E-state index is 0.158. The lowest BCUT2D eigenvalue weighted by Gasteiger charge is -2.31. The van der Waals surface area contributed by atoms with Crippen LogP contribution in [-0.2, 0) is 0 Å². The fourth-order valence-corrected chi connectivity index (χ4v) is 2.03. The van der Waals surface area contributed by atoms with E-state index in [4.69, 9.17) is 11.6 Å². The summed E-state index contributed by atoms with van der Waals surface area (Å²) < 4.78 is 12.8. The topological polar surface area (TPSA) is 24.1 Å². The predicted molar refractivity (Wildman–Crippen MR) is 59.6 cm³/mol. The molecule has 0 aliphatic carbocycles. The Hall–Kier alpha value is -0.640. The van der Waals surface area contributed by atoms with Gasteiger partial charge in [0.2, 0.25) is 0 Å². The van der Waals surface area contributed by atoms with Crippen molar-refractivity contribution in [3.8, 4) is 0 Å². The third kappa shape index (κ3) is 2.48. The molecule has 15 heavy (non-hydrogen) atoms. The van der Waals surface area contributed by atoms with Gasteiger partial charge in [-0.1, -0.05) is 17.7 Å². The normalized spacial score (nSPS) is 18.6. The van der Waals surface area contributed by atoms with Crippen LogP contribution in [-0.4, -0.2) is 19.1 Å². The van der Waals surface area contributed by atoms with Crippen LogP contribution in [0.3, 0.4) is 0 Å². The fourth-order valence-electron chi connectivity index (χ4n) is 1.70. The van der Waals surface area contributed by atoms with Crippen LogP contribution < -0.4 is 10.6 Å². The lowest BCUT2D eigenvalue weighted by atomic mass is 10.1. The summed E-state index contributed by atoms with van der Waals surface area (Å²) in [6.45, 7) is 4.02. The number of rotatable bonds is 3. The van der Waals surface area contributed by atoms with Gasteiger partial charge in [-0.3, -0.25) is 0 Å². The number of hydrogen-bond acceptors (Lipinski definition) is 2. The van der Waals surface area contributed by atoms with Crippen molar-refractivity contribution in [1.82, 2.24) is 10.6 Å². The summed E-state index contributed by atoms with van der Waals surface area (Å²) in [5, 5.41) is 7.10. The average Bonchev–Trinajstić information content (AvgIpc) is 2.11. The van der Waals surface area contributed by atoms with Gasteiger partial charge in [0.25, 0.3) is 0 Å². The first-order valence-corrected chi connectivity index (χ1v) is 5.46. The van der Waals surface area contributed by atoms with Crippen LogP contribution in [0.15, 0.2) is 18.2 Å². The maximum atomic E-state index is 12.8. The second-order valence-electron chi connectivity index (χ2n) is 3.91. The second-order valence-corrected chi connectivity index (χ2v) is 4.32. The molecule has 82 valence electrons. The maximum Gasteiger partial charge on any atom is 0.124 e. The highest BCUT2D eigenvalue weighted by Crippen LogP contribution is 2.24. The summed E-state index contributed by atoms with van der Waals surface area (Å²) >= 11 is 5.97. The Labute approximate surface area is 93.8 Å². The van der Waals surface area contributed by atoms with Gasteiger partial charge in [-0.2, -0.15) is 0 Å². The van der Waals surface area contributed by atoms with E-state index in [-0.39, 0.29) is 11.9 Å². The number of hydrogen-bond donors (Lipinski definition) is 2. The van der Waals surface area contributed by atoms with Crippen molar-refractivity contribution >= 4 is 11.6 Å². The Kier molecular flexibility index (Phi) is 3.24. The van der Waals surface area contributed by atoms with Crippen LogP contribution in [0, 0.1) is 5.82 Å². The molecule has 1 fully saturated rings. The fraction of sp³-hybridized carbons (Fsp3) is 0.455. The van der Waals surface area contributed by atoms with Gasteiger partial charge in [-0.05, 0) is 24.6 Å². The van der Waals surface area contributed by atoms with Gasteiger partial charge >= 0.3 is 0 Å². The van der Waals surface area contributed by atoms with Gasteiger partial charge in [-0.25, -0.2) is 4.39 Å². The Balaban J connectivity index is 2.06. The summed E-state index contributed by atoms with van der Waals surface area (Å²) in [7, 11) is 0. The third-order valence-corrected chi connectivity index (χ3v) is 3.02. The molecule has 1 aliphatic rings. The molecule has 1 saturated heterocycles. The van der Waals surface area contributed by atoms with Gasteiger partial charge in [0.05, 0.1) is 0 Å². The zero-order valence-corrected chi connectivity index (χ0v) is 9.31. The van der Waals surface area contributed by atoms with Crippen LogP contribution in [0.25, 0.3) is 0 Å². The predicted octanol–water partition coefficient (Wildman–Crippen LogP) is 2.10. The number of benzene rings is 1. The Bertz CT molecular complexity index is 352. The van der Waals surface area contributed by atoms with E-state index in [2.05, 4.69) is 10.6 Å². The van der Waals surface area contributed by atoms with Crippen molar-refractivity contribution in [2.45, 2.75) is 19.0 Å². The Morgan fingerprint density at radius 3 is 2.80 bits per heavy atom. The minimum Gasteiger partial charge on any atom is -0.314 e. The summed E-state index contributed by atoms with van der Waals surface area (Å²) in [4.78, 5) is 0. The maximum absolute atomic E-state index is 12.8. The van der Waals surface area contributed by atoms with Gasteiger partial charge < -0.3 is 10.6 Å². The third-order valence-electron chi connectivity index (χ3n) is 2.70. The molecule has 1 atom stereocenters. The molecule has 2 N–H and O–H groups in total. The molecule has 1 unspecified atom stereocenters. The summed E-state index contributed by atoms with van der Waals surface area (Å²) in [6, 6.07) is 5.19. The van der Waals surface area contributed by atoms with Gasteiger partial charge in [0.15, 0.2) is 0 Å². The first kappa shape index (κ1) is 10.9. The van der Waals surface area contributed by atoms with E-state index in [0.717, 1.165) is 18.7 Å². The number of nitrogens with one attached hydrogen (secondary N) is 2. The molecular weight excluding hydrogens is 215 g/mol. The highest BCUT2D eigenvalue weighted by Gasteiger charge is 2.20. The molecule has 0 radical (unpaired) electrons. The molecule has 0 amide bonds. The molecule has 2 nitrogen and oxygen atoms in total. The highest BCUT2D eigenvalue weighted by atomic mass is 35.5. The van der Waals surface area contributed by atoms with Gasteiger partial charge in [0, 0.05) is 30.2 Å². The van der Waals surface area contributed by atoms with Crippen molar-refractivity contribution < 1.29 is 4.39 Å². The van der Waals surface area contributed by atoms with E-state index in [9.17, 15) is 4.39 Å². The minimum atomic E-state index is -0.290. The molecule has 1 aromatic rings. The van der Waals surface area contributed by atoms with E-state index in [0.29, 0.717) is 11.1 Å². The quantitative estimate of drug-likeness (QED) is 0.828. The Morgan fingerprint density at radius 2 is 2.27 bits per heavy atom. The van der Waals surface area contributed by atoms with Crippen LogP contribution in [0.2, 0.25) is 5.02 Å². The summed E-state index contributed by atoms with van der Waals surface area (Å²) in [6.07, 6.45) is 0. The molecular formula is C11H14ClFN2. The molecule has 1 heterocycles. The molecule has 4 heteroatoms. The second kappa shape index (κ2) is 4.47. The molecule has 1 aliphatic heterocycles. The molecule has 0 bridgehead atoms. The van der Waals surface area contributed by atoms with E-state index >= 15 is 0 Å². The van der Waals surface area contributed by atoms with Crippen molar-refractivity contribution in [2.75, 3.05) is 13.1 Å². The highest BCUT2D eigenvalue weighted by molar-refractivity contribution is 6.31. The van der Waals surface area contributed by atoms with Crippen molar-refractivity contribution in [3.05, 3.63) is 34.6 Å². The van der Waals surface area contributed by atoms with Gasteiger partial charge in [-0.15, -0.1) is 0 Å². The summed E-state index contributed by atoms with van der Waals surface area (Å²) in [5.74, 6) is -0.290. The van der Waals surface area contributed by atoms with Crippen molar-refractivity contribution in [2.24, 2.45) is 0 Å². The summed E-state index contributed by atoms with van der Waals surface area (Å²) in [5.41, 5.74) is 0.949. The molecule has 2 rings (SSSR count). The first-order chi connectivity index (χ1) is 7.16. The first-order valence-electron chi connectivity index (χ1n) is 5.08. The molecule has 1 aromatic carbocycles. The lowest BCUT2D eigenvalue weighted by molar-refractivity contribution is 0.338. The SMILES string of the molecule is CC(NC1CNC1)c1ccc(F)cc1Cl. The van der Waals surface area contributed by atoms with Crippen molar-refractivity contribution in [3.63, 3.8) is 0 Å². The van der Waals surface area contributed by atoms with E-state index in [1.807, 2.05) is 6.92 Å². The largest absolute Gasteiger partial charge is 0.314 e. The molecule has 0 spiro atoms. The lowest BCUT2D eigenvalue weighted by Crippen LogP contribution is -2.55. The van der Waals surface area contributed by atoms with E-state index < -0.39 is 0 Å². The van der Waals surface area contributed by atoms with E-state index in [1.165, 1.54) is 12.1 Å². The standard InChI is InChI=1S/C11H14ClFN2/c1-7(15-9-5-14-6-9)10-3-2-8(13)4-11(10)12/h2-4,7,9,14-15H,5-6H2,1H3. The Morgan fingerprint density at radius 1 is 1.53 bits per heavy atom. The molecule has 0 aromatic heterocycles. The van der Waals surface area contributed by atoms with E-state index in [1.54, 1.807) is 6.07 Å². The monoisotopic (exact) mass is 228 g/mol. The molecule has 0 saturated carbocycles. The van der Waals surface area contributed by atoms with Crippen LogP contribution in [0.4, 0.5) is 4.39 Å².